The minimum Gasteiger partial charge on any atom is -0.507 e. The third-order valence-electron chi connectivity index (χ3n) is 4.04. The van der Waals surface area contributed by atoms with Gasteiger partial charge in [-0.3, -0.25) is 0 Å². The van der Waals surface area contributed by atoms with Crippen LogP contribution in [0.2, 0.25) is 0 Å². The number of aromatic nitrogens is 2. The van der Waals surface area contributed by atoms with E-state index >= 15 is 0 Å². The lowest BCUT2D eigenvalue weighted by atomic mass is 10.2. The summed E-state index contributed by atoms with van der Waals surface area (Å²) in [5.41, 5.74) is 1.60. The highest BCUT2D eigenvalue weighted by atomic mass is 19.1. The summed E-state index contributed by atoms with van der Waals surface area (Å²) >= 11 is 0. The molecular weight excluding hydrogens is 338 g/mol. The van der Waals surface area contributed by atoms with E-state index in [9.17, 15) is 13.9 Å². The predicted octanol–water partition coefficient (Wildman–Crippen LogP) is 4.59. The number of fused-ring (bicyclic) bond motifs is 1. The van der Waals surface area contributed by atoms with Gasteiger partial charge in [-0.25, -0.2) is 9.07 Å². The number of phenols is 1. The second-order valence-corrected chi connectivity index (χ2v) is 5.76. The molecule has 1 heterocycles. The number of halogens is 2. The first-order chi connectivity index (χ1) is 12.6. The van der Waals surface area contributed by atoms with Gasteiger partial charge in [-0.2, -0.15) is 4.39 Å². The molecule has 0 saturated carbocycles. The Kier molecular flexibility index (Phi) is 4.01. The number of aromatic hydroxyl groups is 1. The lowest BCUT2D eigenvalue weighted by Gasteiger charge is -2.09. The summed E-state index contributed by atoms with van der Waals surface area (Å²) in [6.45, 7) is 0.240. The van der Waals surface area contributed by atoms with Crippen LogP contribution in [-0.4, -0.2) is 14.9 Å². The van der Waals surface area contributed by atoms with Crippen molar-refractivity contribution < 1.29 is 18.6 Å². The van der Waals surface area contributed by atoms with Crippen LogP contribution in [0.3, 0.4) is 0 Å². The fourth-order valence-electron chi connectivity index (χ4n) is 2.78. The van der Waals surface area contributed by atoms with Crippen LogP contribution in [0.25, 0.3) is 16.6 Å². The Morgan fingerprint density at radius 1 is 0.962 bits per heavy atom. The summed E-state index contributed by atoms with van der Waals surface area (Å²) in [6.07, 6.45) is 0. The highest BCUT2D eigenvalue weighted by Gasteiger charge is 2.16. The molecule has 4 aromatic rings. The molecule has 130 valence electrons. The van der Waals surface area contributed by atoms with Gasteiger partial charge < -0.3 is 9.84 Å². The average molecular weight is 352 g/mol. The normalized spacial score (nSPS) is 11.0. The van der Waals surface area contributed by atoms with Crippen molar-refractivity contribution in [3.63, 3.8) is 0 Å². The summed E-state index contributed by atoms with van der Waals surface area (Å²) in [6, 6.07) is 18.2. The Labute approximate surface area is 147 Å². The average Bonchev–Trinajstić information content (AvgIpc) is 2.99. The molecular formula is C20H14F2N2O2. The van der Waals surface area contributed by atoms with Crippen LogP contribution >= 0.6 is 0 Å². The zero-order chi connectivity index (χ0) is 18.1. The number of phenolic OH excluding ortho intramolecular Hbond substituents is 1. The van der Waals surface area contributed by atoms with Gasteiger partial charge in [0.25, 0.3) is 0 Å². The molecule has 1 aromatic heterocycles. The second kappa shape index (κ2) is 6.48. The molecule has 0 radical (unpaired) electrons. The molecule has 0 unspecified atom stereocenters. The van der Waals surface area contributed by atoms with Gasteiger partial charge in [0.1, 0.15) is 12.4 Å². The fraction of sp³-hybridized carbons (Fsp3) is 0.0500. The summed E-state index contributed by atoms with van der Waals surface area (Å²) in [4.78, 5) is 0. The van der Waals surface area contributed by atoms with E-state index in [0.717, 1.165) is 5.56 Å². The molecule has 0 spiro atoms. The van der Waals surface area contributed by atoms with E-state index in [4.69, 9.17) is 4.74 Å². The Hall–Kier alpha value is -3.41. The van der Waals surface area contributed by atoms with Crippen LogP contribution < -0.4 is 4.74 Å². The summed E-state index contributed by atoms with van der Waals surface area (Å²) < 4.78 is 35.2. The first-order valence-corrected chi connectivity index (χ1v) is 7.96. The van der Waals surface area contributed by atoms with Crippen molar-refractivity contribution in [2.24, 2.45) is 0 Å². The van der Waals surface area contributed by atoms with Crippen LogP contribution in [0, 0.1) is 11.8 Å². The maximum atomic E-state index is 14.4. The Morgan fingerprint density at radius 3 is 2.54 bits per heavy atom. The van der Waals surface area contributed by atoms with Gasteiger partial charge in [-0.1, -0.05) is 36.4 Å². The second-order valence-electron chi connectivity index (χ2n) is 5.76. The van der Waals surface area contributed by atoms with Crippen LogP contribution in [0.4, 0.5) is 8.78 Å². The molecule has 3 aromatic carbocycles. The molecule has 4 rings (SSSR count). The van der Waals surface area contributed by atoms with Crippen molar-refractivity contribution in [1.29, 1.82) is 0 Å². The summed E-state index contributed by atoms with van der Waals surface area (Å²) in [7, 11) is 0. The molecule has 0 aliphatic rings. The van der Waals surface area contributed by atoms with E-state index in [0.29, 0.717) is 11.2 Å². The molecule has 0 atom stereocenters. The topological polar surface area (TPSA) is 47.3 Å². The van der Waals surface area contributed by atoms with E-state index in [2.05, 4.69) is 5.10 Å². The lowest BCUT2D eigenvalue weighted by molar-refractivity contribution is 0.290. The number of hydrogen-bond acceptors (Lipinski definition) is 3. The standard InChI is InChI=1S/C20H14F2N2O2/c21-15-11-14(9-10-18(15)26-12-13-5-2-1-3-6-13)24-16-7-4-8-17(25)19(16)20(22)23-24/h1-11,25H,12H2. The molecule has 0 bridgehead atoms. The molecule has 0 saturated heterocycles. The molecule has 1 N–H and O–H groups in total. The van der Waals surface area contributed by atoms with Crippen molar-refractivity contribution >= 4 is 10.9 Å². The highest BCUT2D eigenvalue weighted by molar-refractivity contribution is 5.86. The van der Waals surface area contributed by atoms with Gasteiger partial charge in [-0.15, -0.1) is 5.10 Å². The van der Waals surface area contributed by atoms with Crippen molar-refractivity contribution in [1.82, 2.24) is 9.78 Å². The minimum atomic E-state index is -0.817. The zero-order valence-electron chi connectivity index (χ0n) is 13.6. The SMILES string of the molecule is Oc1cccc2c1c(F)nn2-c1ccc(OCc2ccccc2)c(F)c1. The maximum Gasteiger partial charge on any atom is 0.244 e. The first kappa shape index (κ1) is 16.1. The van der Waals surface area contributed by atoms with E-state index in [1.165, 1.54) is 22.9 Å². The zero-order valence-corrected chi connectivity index (χ0v) is 13.6. The fourth-order valence-corrected chi connectivity index (χ4v) is 2.78. The van der Waals surface area contributed by atoms with Gasteiger partial charge in [0.15, 0.2) is 11.6 Å². The molecule has 4 nitrogen and oxygen atoms in total. The van der Waals surface area contributed by atoms with Gasteiger partial charge in [0.2, 0.25) is 5.95 Å². The Balaban J connectivity index is 1.65. The largest absolute Gasteiger partial charge is 0.507 e. The molecule has 0 amide bonds. The van der Waals surface area contributed by atoms with Crippen molar-refractivity contribution in [3.8, 4) is 17.2 Å². The van der Waals surface area contributed by atoms with Crippen LogP contribution in [0.1, 0.15) is 5.56 Å². The van der Waals surface area contributed by atoms with Crippen molar-refractivity contribution in [2.75, 3.05) is 0 Å². The third kappa shape index (κ3) is 2.86. The van der Waals surface area contributed by atoms with Gasteiger partial charge >= 0.3 is 0 Å². The monoisotopic (exact) mass is 352 g/mol. The number of rotatable bonds is 4. The lowest BCUT2D eigenvalue weighted by Crippen LogP contribution is -2.01. The molecule has 6 heteroatoms. The van der Waals surface area contributed by atoms with Crippen molar-refractivity contribution in [2.45, 2.75) is 6.61 Å². The van der Waals surface area contributed by atoms with E-state index in [-0.39, 0.29) is 23.5 Å². The maximum absolute atomic E-state index is 14.4. The van der Waals surface area contributed by atoms with Crippen molar-refractivity contribution in [3.05, 3.63) is 84.1 Å². The van der Waals surface area contributed by atoms with Crippen LogP contribution in [0.15, 0.2) is 66.7 Å². The van der Waals surface area contributed by atoms with E-state index < -0.39 is 11.8 Å². The Bertz CT molecular complexity index is 1080. The number of benzene rings is 3. The molecule has 26 heavy (non-hydrogen) atoms. The molecule has 0 aliphatic heterocycles. The van der Waals surface area contributed by atoms with Gasteiger partial charge in [-0.05, 0) is 29.8 Å². The van der Waals surface area contributed by atoms with E-state index in [1.54, 1.807) is 18.2 Å². The Morgan fingerprint density at radius 2 is 1.77 bits per heavy atom. The number of hydrogen-bond donors (Lipinski definition) is 1. The first-order valence-electron chi connectivity index (χ1n) is 7.96. The summed E-state index contributed by atoms with van der Waals surface area (Å²) in [5, 5.41) is 13.6. The third-order valence-corrected chi connectivity index (χ3v) is 4.04. The van der Waals surface area contributed by atoms with Gasteiger partial charge in [0.05, 0.1) is 16.6 Å². The van der Waals surface area contributed by atoms with E-state index in [1.807, 2.05) is 30.3 Å². The highest BCUT2D eigenvalue weighted by Crippen LogP contribution is 2.30. The number of ether oxygens (including phenoxy) is 1. The quantitative estimate of drug-likeness (QED) is 0.584. The van der Waals surface area contributed by atoms with Crippen LogP contribution in [-0.2, 0) is 6.61 Å². The smallest absolute Gasteiger partial charge is 0.244 e. The van der Waals surface area contributed by atoms with Crippen LogP contribution in [0.5, 0.6) is 11.5 Å². The molecule has 0 fully saturated rings. The summed E-state index contributed by atoms with van der Waals surface area (Å²) in [5.74, 6) is -1.52. The number of nitrogens with zero attached hydrogens (tertiary/aromatic N) is 2. The predicted molar refractivity (Wildman–Crippen MR) is 93.4 cm³/mol. The van der Waals surface area contributed by atoms with Gasteiger partial charge in [0, 0.05) is 6.07 Å². The minimum absolute atomic E-state index is 0.00249. The molecule has 0 aliphatic carbocycles.